The van der Waals surface area contributed by atoms with Crippen molar-refractivity contribution < 1.29 is 4.74 Å². The van der Waals surface area contributed by atoms with Crippen molar-refractivity contribution in [2.45, 2.75) is 31.7 Å². The van der Waals surface area contributed by atoms with Crippen molar-refractivity contribution >= 4 is 23.2 Å². The van der Waals surface area contributed by atoms with Gasteiger partial charge in [-0.25, -0.2) is 0 Å². The fourth-order valence-electron chi connectivity index (χ4n) is 1.71. The average Bonchev–Trinajstić information content (AvgIpc) is 2.21. The number of ether oxygens (including phenoxy) is 1. The Morgan fingerprint density at radius 3 is 2.33 bits per heavy atom. The first-order chi connectivity index (χ1) is 7.00. The van der Waals surface area contributed by atoms with E-state index in [0.29, 0.717) is 0 Å². The summed E-state index contributed by atoms with van der Waals surface area (Å²) in [6, 6.07) is 7.45. The number of hydrogen-bond donors (Lipinski definition) is 0. The van der Waals surface area contributed by atoms with Gasteiger partial charge in [0.2, 0.25) is 0 Å². The smallest absolute Gasteiger partial charge is 0.119 e. The van der Waals surface area contributed by atoms with Crippen molar-refractivity contribution in [2.75, 3.05) is 0 Å². The summed E-state index contributed by atoms with van der Waals surface area (Å²) in [6.07, 6.45) is 1.12. The molecule has 0 N–H and O–H groups in total. The summed E-state index contributed by atoms with van der Waals surface area (Å²) in [4.78, 5) is 0. The van der Waals surface area contributed by atoms with E-state index < -0.39 is 0 Å². The van der Waals surface area contributed by atoms with Crippen molar-refractivity contribution in [1.82, 2.24) is 0 Å². The van der Waals surface area contributed by atoms with Crippen LogP contribution < -0.4 is 4.74 Å². The number of rotatable bonds is 2. The van der Waals surface area contributed by atoms with Gasteiger partial charge in [0.15, 0.2) is 0 Å². The maximum atomic E-state index is 6.13. The van der Waals surface area contributed by atoms with Crippen LogP contribution in [0.4, 0.5) is 0 Å². The number of hydrogen-bond acceptors (Lipinski definition) is 1. The molecule has 2 unspecified atom stereocenters. The zero-order valence-corrected chi connectivity index (χ0v) is 10.3. The Balaban J connectivity index is 2.02. The largest absolute Gasteiger partial charge is 0.490 e. The molecule has 0 amide bonds. The van der Waals surface area contributed by atoms with Gasteiger partial charge in [-0.15, -0.1) is 11.6 Å². The number of alkyl halides is 1. The van der Waals surface area contributed by atoms with Crippen molar-refractivity contribution in [3.63, 3.8) is 0 Å². The van der Waals surface area contributed by atoms with Gasteiger partial charge in [0.05, 0.1) is 0 Å². The maximum Gasteiger partial charge on any atom is 0.119 e. The van der Waals surface area contributed by atoms with Gasteiger partial charge in [-0.1, -0.05) is 25.4 Å². The lowest BCUT2D eigenvalue weighted by Crippen LogP contribution is -2.53. The lowest BCUT2D eigenvalue weighted by molar-refractivity contribution is -0.0130. The highest BCUT2D eigenvalue weighted by Crippen LogP contribution is 2.46. The lowest BCUT2D eigenvalue weighted by Gasteiger charge is -2.48. The Labute approximate surface area is 100 Å². The maximum absolute atomic E-state index is 6.13. The quantitative estimate of drug-likeness (QED) is 0.712. The lowest BCUT2D eigenvalue weighted by atomic mass is 9.68. The molecular weight excluding hydrogens is 231 g/mol. The van der Waals surface area contributed by atoms with Crippen LogP contribution >= 0.6 is 23.2 Å². The van der Waals surface area contributed by atoms with Crippen LogP contribution in [-0.2, 0) is 0 Å². The Morgan fingerprint density at radius 1 is 1.27 bits per heavy atom. The molecule has 1 aromatic carbocycles. The molecule has 0 radical (unpaired) electrons. The van der Waals surface area contributed by atoms with Crippen molar-refractivity contribution in [1.29, 1.82) is 0 Å². The van der Waals surface area contributed by atoms with E-state index in [1.54, 1.807) is 0 Å². The summed E-state index contributed by atoms with van der Waals surface area (Å²) >= 11 is 11.9. The van der Waals surface area contributed by atoms with Crippen LogP contribution in [0.25, 0.3) is 0 Å². The topological polar surface area (TPSA) is 9.23 Å². The van der Waals surface area contributed by atoms with Crippen LogP contribution in [0, 0.1) is 5.41 Å². The van der Waals surface area contributed by atoms with Gasteiger partial charge >= 0.3 is 0 Å². The van der Waals surface area contributed by atoms with E-state index >= 15 is 0 Å². The van der Waals surface area contributed by atoms with E-state index in [-0.39, 0.29) is 16.9 Å². The van der Waals surface area contributed by atoms with Crippen LogP contribution in [0.5, 0.6) is 5.75 Å². The van der Waals surface area contributed by atoms with Crippen molar-refractivity contribution in [3.05, 3.63) is 29.3 Å². The van der Waals surface area contributed by atoms with Gasteiger partial charge in [0.1, 0.15) is 11.9 Å². The Bertz CT molecular complexity index is 345. The fraction of sp³-hybridized carbons (Fsp3) is 0.500. The highest BCUT2D eigenvalue weighted by Gasteiger charge is 2.49. The van der Waals surface area contributed by atoms with Crippen LogP contribution in [0.2, 0.25) is 5.02 Å². The normalized spacial score (nSPS) is 28.3. The summed E-state index contributed by atoms with van der Waals surface area (Å²) in [6.45, 7) is 4.27. The molecule has 1 saturated carbocycles. The summed E-state index contributed by atoms with van der Waals surface area (Å²) in [5, 5.41) is 0.945. The zero-order valence-electron chi connectivity index (χ0n) is 8.84. The van der Waals surface area contributed by atoms with Gasteiger partial charge in [0, 0.05) is 22.2 Å². The summed E-state index contributed by atoms with van der Waals surface area (Å²) in [7, 11) is 0. The van der Waals surface area contributed by atoms with E-state index in [4.69, 9.17) is 27.9 Å². The Morgan fingerprint density at radius 2 is 1.87 bits per heavy atom. The second-order valence-corrected chi connectivity index (χ2v) is 5.55. The molecule has 1 aliphatic carbocycles. The standard InChI is InChI=1S/C12H14Cl2O/c1-12(2)10(14)7-11(12)15-9-5-3-8(13)4-6-9/h3-6,10-11H,7H2,1-2H3. The molecule has 1 fully saturated rings. The molecule has 1 nitrogen and oxygen atoms in total. The third-order valence-electron chi connectivity index (χ3n) is 3.15. The third kappa shape index (κ3) is 2.09. The molecule has 1 aliphatic rings. The predicted octanol–water partition coefficient (Wildman–Crippen LogP) is 4.12. The molecule has 0 aromatic heterocycles. The SMILES string of the molecule is CC1(C)C(Cl)CC1Oc1ccc(Cl)cc1. The molecule has 1 aromatic rings. The van der Waals surface area contributed by atoms with Crippen molar-refractivity contribution in [2.24, 2.45) is 5.41 Å². The van der Waals surface area contributed by atoms with Crippen LogP contribution in [-0.4, -0.2) is 11.5 Å². The summed E-state index contributed by atoms with van der Waals surface area (Å²) < 4.78 is 5.85. The van der Waals surface area contributed by atoms with E-state index in [0.717, 1.165) is 17.2 Å². The monoisotopic (exact) mass is 244 g/mol. The molecule has 15 heavy (non-hydrogen) atoms. The summed E-state index contributed by atoms with van der Waals surface area (Å²) in [5.41, 5.74) is 0.0567. The van der Waals surface area contributed by atoms with Gasteiger partial charge in [0.25, 0.3) is 0 Å². The molecule has 3 heteroatoms. The Kier molecular flexibility index (Phi) is 2.87. The van der Waals surface area contributed by atoms with E-state index in [9.17, 15) is 0 Å². The molecular formula is C12H14Cl2O. The molecule has 2 rings (SSSR count). The molecule has 0 aliphatic heterocycles. The zero-order chi connectivity index (χ0) is 11.1. The molecule has 0 spiro atoms. The second-order valence-electron chi connectivity index (χ2n) is 4.59. The minimum atomic E-state index is 0.0567. The highest BCUT2D eigenvalue weighted by molar-refractivity contribution is 6.30. The van der Waals surface area contributed by atoms with Gasteiger partial charge in [-0.3, -0.25) is 0 Å². The minimum Gasteiger partial charge on any atom is -0.490 e. The molecule has 82 valence electrons. The Hall–Kier alpha value is -0.400. The second kappa shape index (κ2) is 3.88. The van der Waals surface area contributed by atoms with Crippen LogP contribution in [0.1, 0.15) is 20.3 Å². The number of benzene rings is 1. The molecule has 0 heterocycles. The van der Waals surface area contributed by atoms with Crippen LogP contribution in [0.3, 0.4) is 0 Å². The van der Waals surface area contributed by atoms with Gasteiger partial charge < -0.3 is 4.74 Å². The third-order valence-corrected chi connectivity index (χ3v) is 4.14. The van der Waals surface area contributed by atoms with Crippen LogP contribution in [0.15, 0.2) is 24.3 Å². The van der Waals surface area contributed by atoms with Crippen molar-refractivity contribution in [3.8, 4) is 5.75 Å². The van der Waals surface area contributed by atoms with Gasteiger partial charge in [-0.2, -0.15) is 0 Å². The molecule has 0 bridgehead atoms. The predicted molar refractivity (Wildman–Crippen MR) is 63.9 cm³/mol. The highest BCUT2D eigenvalue weighted by atomic mass is 35.5. The van der Waals surface area contributed by atoms with E-state index in [1.807, 2.05) is 24.3 Å². The first-order valence-electron chi connectivity index (χ1n) is 5.06. The molecule has 2 atom stereocenters. The fourth-order valence-corrected chi connectivity index (χ4v) is 2.14. The first-order valence-corrected chi connectivity index (χ1v) is 5.88. The molecule has 0 saturated heterocycles. The first kappa shape index (κ1) is 11.1. The summed E-state index contributed by atoms with van der Waals surface area (Å²) in [5.74, 6) is 0.862. The minimum absolute atomic E-state index is 0.0567. The number of halogens is 2. The van der Waals surface area contributed by atoms with E-state index in [1.165, 1.54) is 0 Å². The average molecular weight is 245 g/mol. The van der Waals surface area contributed by atoms with Gasteiger partial charge in [-0.05, 0) is 24.3 Å². The van der Waals surface area contributed by atoms with E-state index in [2.05, 4.69) is 13.8 Å².